The molecule has 0 unspecified atom stereocenters. The molecular weight excluding hydrogens is 292 g/mol. The minimum absolute atomic E-state index is 0.0825. The molecule has 0 aromatic heterocycles. The van der Waals surface area contributed by atoms with Crippen LogP contribution in [0.5, 0.6) is 0 Å². The van der Waals surface area contributed by atoms with Crippen molar-refractivity contribution in [2.75, 3.05) is 13.7 Å². The van der Waals surface area contributed by atoms with E-state index < -0.39 is 21.5 Å². The molecule has 5 nitrogen and oxygen atoms in total. The van der Waals surface area contributed by atoms with Crippen molar-refractivity contribution in [1.82, 2.24) is 0 Å². The minimum Gasteiger partial charge on any atom is -0.469 e. The van der Waals surface area contributed by atoms with Crippen LogP contribution in [0.15, 0.2) is 29.2 Å². The number of carbonyl (C=O) groups excluding carboxylic acids is 1. The second-order valence-electron chi connectivity index (χ2n) is 5.01. The van der Waals surface area contributed by atoms with Crippen LogP contribution in [-0.4, -0.2) is 28.1 Å². The van der Waals surface area contributed by atoms with E-state index in [-0.39, 0.29) is 11.5 Å². The largest absolute Gasteiger partial charge is 0.469 e. The quantitative estimate of drug-likeness (QED) is 0.571. The number of hydrogen-bond donors (Lipinski definition) is 0. The molecule has 0 heterocycles. The summed E-state index contributed by atoms with van der Waals surface area (Å²) in [6, 6.07) is 6.37. The summed E-state index contributed by atoms with van der Waals surface area (Å²) in [7, 11) is -2.59. The SMILES string of the molecule is CCC(CC)(COS(=O)(=O)c1ccc(C)cc1)C(=O)OC. The molecule has 0 saturated heterocycles. The van der Waals surface area contributed by atoms with Crippen molar-refractivity contribution in [2.45, 2.75) is 38.5 Å². The molecule has 21 heavy (non-hydrogen) atoms. The number of rotatable bonds is 7. The summed E-state index contributed by atoms with van der Waals surface area (Å²) in [5, 5.41) is 0. The van der Waals surface area contributed by atoms with Gasteiger partial charge in [-0.3, -0.25) is 8.98 Å². The van der Waals surface area contributed by atoms with E-state index in [9.17, 15) is 13.2 Å². The lowest BCUT2D eigenvalue weighted by Crippen LogP contribution is -2.36. The van der Waals surface area contributed by atoms with Crippen LogP contribution < -0.4 is 0 Å². The van der Waals surface area contributed by atoms with Gasteiger partial charge >= 0.3 is 5.97 Å². The van der Waals surface area contributed by atoms with Crippen LogP contribution in [0.4, 0.5) is 0 Å². The Labute approximate surface area is 126 Å². The van der Waals surface area contributed by atoms with E-state index in [0.29, 0.717) is 12.8 Å². The maximum Gasteiger partial charge on any atom is 0.314 e. The highest BCUT2D eigenvalue weighted by Crippen LogP contribution is 2.30. The van der Waals surface area contributed by atoms with E-state index in [1.54, 1.807) is 12.1 Å². The third-order valence-electron chi connectivity index (χ3n) is 3.77. The topological polar surface area (TPSA) is 69.7 Å². The standard InChI is InChI=1S/C15H22O5S/c1-5-15(6-2,14(16)19-4)11-20-21(17,18)13-9-7-12(3)8-10-13/h7-10H,5-6,11H2,1-4H3. The predicted molar refractivity (Wildman–Crippen MR) is 79.3 cm³/mol. The number of ether oxygens (including phenoxy) is 1. The van der Waals surface area contributed by atoms with Crippen LogP contribution in [-0.2, 0) is 23.8 Å². The molecule has 118 valence electrons. The van der Waals surface area contributed by atoms with Crippen molar-refractivity contribution >= 4 is 16.1 Å². The Hall–Kier alpha value is -1.40. The Morgan fingerprint density at radius 1 is 1.14 bits per heavy atom. The number of aryl methyl sites for hydroxylation is 1. The van der Waals surface area contributed by atoms with Gasteiger partial charge in [0.2, 0.25) is 0 Å². The zero-order chi connectivity index (χ0) is 16.1. The first-order valence-corrected chi connectivity index (χ1v) is 8.26. The number of methoxy groups -OCH3 is 1. The first-order valence-electron chi connectivity index (χ1n) is 6.86. The van der Waals surface area contributed by atoms with Crippen LogP contribution in [0.2, 0.25) is 0 Å². The average Bonchev–Trinajstić information content (AvgIpc) is 2.48. The molecule has 0 atom stereocenters. The third kappa shape index (κ3) is 4.04. The van der Waals surface area contributed by atoms with E-state index in [0.717, 1.165) is 5.56 Å². The molecule has 0 saturated carbocycles. The molecule has 0 spiro atoms. The Kier molecular flexibility index (Phi) is 5.92. The first kappa shape index (κ1) is 17.7. The van der Waals surface area contributed by atoms with Gasteiger partial charge in [-0.2, -0.15) is 8.42 Å². The molecule has 1 rings (SSSR count). The second-order valence-corrected chi connectivity index (χ2v) is 6.62. The van der Waals surface area contributed by atoms with Gasteiger partial charge in [0.05, 0.1) is 24.0 Å². The molecule has 1 aromatic rings. The van der Waals surface area contributed by atoms with E-state index in [1.807, 2.05) is 20.8 Å². The van der Waals surface area contributed by atoms with Crippen molar-refractivity contribution in [1.29, 1.82) is 0 Å². The zero-order valence-corrected chi connectivity index (χ0v) is 13.7. The lowest BCUT2D eigenvalue weighted by molar-refractivity contribution is -0.155. The van der Waals surface area contributed by atoms with Crippen LogP contribution in [0, 0.1) is 12.3 Å². The van der Waals surface area contributed by atoms with Crippen molar-refractivity contribution in [3.8, 4) is 0 Å². The Bertz CT molecular complexity index is 571. The van der Waals surface area contributed by atoms with Crippen LogP contribution >= 0.6 is 0 Å². The molecule has 1 aromatic carbocycles. The molecule has 0 amide bonds. The number of carbonyl (C=O) groups is 1. The van der Waals surface area contributed by atoms with E-state index in [1.165, 1.54) is 19.2 Å². The summed E-state index contributed by atoms with van der Waals surface area (Å²) in [6.07, 6.45) is 0.888. The predicted octanol–water partition coefficient (Wildman–Crippen LogP) is 2.68. The van der Waals surface area contributed by atoms with Crippen molar-refractivity contribution in [3.63, 3.8) is 0 Å². The van der Waals surface area contributed by atoms with Crippen LogP contribution in [0.3, 0.4) is 0 Å². The molecule has 0 fully saturated rings. The third-order valence-corrected chi connectivity index (χ3v) is 5.05. The first-order chi connectivity index (χ1) is 9.81. The molecule has 0 N–H and O–H groups in total. The van der Waals surface area contributed by atoms with Gasteiger partial charge in [0, 0.05) is 0 Å². The molecule has 0 radical (unpaired) electrons. The van der Waals surface area contributed by atoms with Crippen molar-refractivity contribution in [3.05, 3.63) is 29.8 Å². The van der Waals surface area contributed by atoms with Gasteiger partial charge in [-0.25, -0.2) is 0 Å². The molecule has 0 aliphatic heterocycles. The van der Waals surface area contributed by atoms with Crippen LogP contribution in [0.25, 0.3) is 0 Å². The van der Waals surface area contributed by atoms with Gasteiger partial charge in [0.25, 0.3) is 10.1 Å². The Balaban J connectivity index is 2.93. The maximum atomic E-state index is 12.2. The fourth-order valence-electron chi connectivity index (χ4n) is 1.98. The van der Waals surface area contributed by atoms with Gasteiger partial charge in [-0.05, 0) is 31.9 Å². The monoisotopic (exact) mass is 314 g/mol. The van der Waals surface area contributed by atoms with Gasteiger partial charge in [0.1, 0.15) is 0 Å². The highest BCUT2D eigenvalue weighted by molar-refractivity contribution is 7.86. The highest BCUT2D eigenvalue weighted by atomic mass is 32.2. The van der Waals surface area contributed by atoms with Crippen molar-refractivity contribution in [2.24, 2.45) is 5.41 Å². The fourth-order valence-corrected chi connectivity index (χ4v) is 2.97. The fraction of sp³-hybridized carbons (Fsp3) is 0.533. The van der Waals surface area contributed by atoms with Gasteiger partial charge < -0.3 is 4.74 Å². The number of esters is 1. The van der Waals surface area contributed by atoms with E-state index in [2.05, 4.69) is 0 Å². The van der Waals surface area contributed by atoms with Gasteiger partial charge in [-0.1, -0.05) is 31.5 Å². The minimum atomic E-state index is -3.88. The summed E-state index contributed by atoms with van der Waals surface area (Å²) >= 11 is 0. The number of benzene rings is 1. The summed E-state index contributed by atoms with van der Waals surface area (Å²) in [5.41, 5.74) is 0.0203. The second kappa shape index (κ2) is 7.04. The van der Waals surface area contributed by atoms with Gasteiger partial charge in [0.15, 0.2) is 0 Å². The maximum absolute atomic E-state index is 12.2. The summed E-state index contributed by atoms with van der Waals surface area (Å²) in [4.78, 5) is 12.0. The molecule has 6 heteroatoms. The summed E-state index contributed by atoms with van der Waals surface area (Å²) < 4.78 is 34.2. The Morgan fingerprint density at radius 2 is 1.67 bits per heavy atom. The smallest absolute Gasteiger partial charge is 0.314 e. The zero-order valence-electron chi connectivity index (χ0n) is 12.9. The molecule has 0 aliphatic carbocycles. The van der Waals surface area contributed by atoms with E-state index >= 15 is 0 Å². The molecule has 0 bridgehead atoms. The van der Waals surface area contributed by atoms with Gasteiger partial charge in [-0.15, -0.1) is 0 Å². The van der Waals surface area contributed by atoms with E-state index in [4.69, 9.17) is 8.92 Å². The lowest BCUT2D eigenvalue weighted by Gasteiger charge is -2.27. The lowest BCUT2D eigenvalue weighted by atomic mass is 9.83. The normalized spacial score (nSPS) is 12.2. The summed E-state index contributed by atoms with van der Waals surface area (Å²) in [5.74, 6) is -0.452. The molecular formula is C15H22O5S. The van der Waals surface area contributed by atoms with Crippen LogP contribution in [0.1, 0.15) is 32.3 Å². The number of hydrogen-bond acceptors (Lipinski definition) is 5. The van der Waals surface area contributed by atoms with Crippen molar-refractivity contribution < 1.29 is 22.1 Å². The Morgan fingerprint density at radius 3 is 2.10 bits per heavy atom. The molecule has 0 aliphatic rings. The highest BCUT2D eigenvalue weighted by Gasteiger charge is 2.38. The summed E-state index contributed by atoms with van der Waals surface area (Å²) in [6.45, 7) is 5.27. The average molecular weight is 314 g/mol.